The fraction of sp³-hybridized carbons (Fsp3) is 0.321. The maximum atomic E-state index is 11.7. The smallest absolute Gasteiger partial charge is 0.248 e. The first-order chi connectivity index (χ1) is 18.1. The minimum Gasteiger partial charge on any atom is -0.387 e. The first-order valence-electron chi connectivity index (χ1n) is 12.4. The van der Waals surface area contributed by atoms with Gasteiger partial charge in [-0.05, 0) is 22.8 Å². The Morgan fingerprint density at radius 3 is 2.54 bits per heavy atom. The van der Waals surface area contributed by atoms with Crippen molar-refractivity contribution in [1.82, 2.24) is 19.8 Å². The van der Waals surface area contributed by atoms with Gasteiger partial charge in [0, 0.05) is 44.7 Å². The summed E-state index contributed by atoms with van der Waals surface area (Å²) in [6.45, 7) is 3.90. The van der Waals surface area contributed by atoms with Crippen LogP contribution in [0.5, 0.6) is 0 Å². The molecule has 9 heteroatoms. The Bertz CT molecular complexity index is 1320. The molecule has 2 aromatic heterocycles. The van der Waals surface area contributed by atoms with Gasteiger partial charge in [-0.15, -0.1) is 11.3 Å². The van der Waals surface area contributed by atoms with E-state index in [1.165, 1.54) is 5.56 Å². The molecule has 8 nitrogen and oxygen atoms in total. The van der Waals surface area contributed by atoms with E-state index in [-0.39, 0.29) is 11.9 Å². The summed E-state index contributed by atoms with van der Waals surface area (Å²) in [7, 11) is 1.71. The number of thiophene rings is 1. The molecule has 0 saturated carbocycles. The normalized spacial score (nSPS) is 15.1. The lowest BCUT2D eigenvalue weighted by Gasteiger charge is -2.34. The summed E-state index contributed by atoms with van der Waals surface area (Å²) < 4.78 is 6.49. The highest BCUT2D eigenvalue weighted by molar-refractivity contribution is 7.22. The zero-order valence-corrected chi connectivity index (χ0v) is 21.7. The lowest BCUT2D eigenvalue weighted by molar-refractivity contribution is -0.135. The number of anilines is 1. The van der Waals surface area contributed by atoms with Crippen LogP contribution in [0.3, 0.4) is 0 Å². The predicted molar refractivity (Wildman–Crippen MR) is 146 cm³/mol. The molecule has 0 aliphatic carbocycles. The second-order valence-electron chi connectivity index (χ2n) is 9.12. The number of amides is 1. The van der Waals surface area contributed by atoms with Crippen molar-refractivity contribution in [2.75, 3.05) is 51.8 Å². The zero-order chi connectivity index (χ0) is 25.6. The van der Waals surface area contributed by atoms with Crippen LogP contribution in [0.4, 0.5) is 5.82 Å². The molecule has 1 atom stereocenters. The average molecular weight is 518 g/mol. The van der Waals surface area contributed by atoms with Crippen LogP contribution >= 0.6 is 11.3 Å². The molecule has 0 spiro atoms. The minimum absolute atomic E-state index is 0.0160. The highest BCUT2D eigenvalue weighted by Crippen LogP contribution is 2.36. The second-order valence-corrected chi connectivity index (χ2v) is 10.2. The maximum Gasteiger partial charge on any atom is 0.248 e. The van der Waals surface area contributed by atoms with Gasteiger partial charge in [0.15, 0.2) is 0 Å². The number of benzene rings is 2. The molecular formula is C28H31N5O3S. The molecule has 1 saturated heterocycles. The van der Waals surface area contributed by atoms with E-state index in [0.717, 1.165) is 51.7 Å². The minimum atomic E-state index is -0.414. The number of nitrogens with one attached hydrogen (secondary N) is 1. The van der Waals surface area contributed by atoms with Crippen LogP contribution in [0.2, 0.25) is 0 Å². The Morgan fingerprint density at radius 1 is 1.08 bits per heavy atom. The van der Waals surface area contributed by atoms with Crippen LogP contribution in [0.1, 0.15) is 17.2 Å². The third-order valence-electron chi connectivity index (χ3n) is 6.66. The Morgan fingerprint density at radius 2 is 1.84 bits per heavy atom. The standard InChI is InChI=1S/C28H31N5O3S/c1-36-18-24(21-5-3-2-4-6-21)31-28-27-23(29-19-30-28)15-25(37-27)22-9-7-20(8-10-22)16-32-11-13-33(14-12-32)26(35)17-34/h2-10,15,19,24,34H,11-14,16-18H2,1H3,(H,29,30,31). The molecule has 1 aliphatic heterocycles. The first-order valence-corrected chi connectivity index (χ1v) is 13.2. The summed E-state index contributed by atoms with van der Waals surface area (Å²) in [5.41, 5.74) is 4.44. The van der Waals surface area contributed by atoms with Crippen LogP contribution < -0.4 is 5.32 Å². The Kier molecular flexibility index (Phi) is 8.05. The van der Waals surface area contributed by atoms with Gasteiger partial charge >= 0.3 is 0 Å². The van der Waals surface area contributed by atoms with Crippen molar-refractivity contribution in [3.05, 3.63) is 78.1 Å². The Balaban J connectivity index is 1.29. The fourth-order valence-electron chi connectivity index (χ4n) is 4.63. The highest BCUT2D eigenvalue weighted by Gasteiger charge is 2.20. The van der Waals surface area contributed by atoms with Crippen molar-refractivity contribution >= 4 is 33.3 Å². The van der Waals surface area contributed by atoms with Crippen molar-refractivity contribution < 1.29 is 14.6 Å². The second kappa shape index (κ2) is 11.8. The molecule has 0 radical (unpaired) electrons. The number of piperazine rings is 1. The van der Waals surface area contributed by atoms with Gasteiger partial charge in [0.2, 0.25) is 5.91 Å². The van der Waals surface area contributed by atoms with Crippen molar-refractivity contribution in [1.29, 1.82) is 0 Å². The number of hydrogen-bond acceptors (Lipinski definition) is 8. The van der Waals surface area contributed by atoms with E-state index in [4.69, 9.17) is 9.84 Å². The number of aromatic nitrogens is 2. The van der Waals surface area contributed by atoms with Crippen molar-refractivity contribution in [3.63, 3.8) is 0 Å². The fourth-order valence-corrected chi connectivity index (χ4v) is 5.69. The molecule has 0 bridgehead atoms. The van der Waals surface area contributed by atoms with Gasteiger partial charge in [0.1, 0.15) is 18.8 Å². The lowest BCUT2D eigenvalue weighted by atomic mass is 10.1. The van der Waals surface area contributed by atoms with Gasteiger partial charge in [0.05, 0.1) is 22.9 Å². The number of aliphatic hydroxyl groups is 1. The van der Waals surface area contributed by atoms with Crippen LogP contribution in [0.15, 0.2) is 67.0 Å². The summed E-state index contributed by atoms with van der Waals surface area (Å²) in [6, 6.07) is 21.0. The maximum absolute atomic E-state index is 11.7. The van der Waals surface area contributed by atoms with E-state index in [9.17, 15) is 4.79 Å². The molecule has 1 fully saturated rings. The lowest BCUT2D eigenvalue weighted by Crippen LogP contribution is -2.49. The molecule has 2 N–H and O–H groups in total. The van der Waals surface area contributed by atoms with Crippen molar-refractivity contribution in [2.24, 2.45) is 0 Å². The molecule has 192 valence electrons. The summed E-state index contributed by atoms with van der Waals surface area (Å²) in [6.07, 6.45) is 1.60. The number of fused-ring (bicyclic) bond motifs is 1. The molecule has 1 aliphatic rings. The topological polar surface area (TPSA) is 90.8 Å². The molecule has 4 aromatic rings. The summed E-state index contributed by atoms with van der Waals surface area (Å²) in [5, 5.41) is 12.6. The van der Waals surface area contributed by atoms with Gasteiger partial charge in [-0.2, -0.15) is 0 Å². The molecule has 2 aromatic carbocycles. The molecule has 3 heterocycles. The van der Waals surface area contributed by atoms with Crippen LogP contribution in [-0.2, 0) is 16.1 Å². The predicted octanol–water partition coefficient (Wildman–Crippen LogP) is 3.79. The summed E-state index contributed by atoms with van der Waals surface area (Å²) in [4.78, 5) is 25.9. The van der Waals surface area contributed by atoms with Crippen molar-refractivity contribution in [3.8, 4) is 10.4 Å². The van der Waals surface area contributed by atoms with Crippen LogP contribution in [0.25, 0.3) is 20.7 Å². The Labute approximate surface area is 220 Å². The van der Waals surface area contributed by atoms with Crippen LogP contribution in [-0.4, -0.2) is 77.3 Å². The third-order valence-corrected chi connectivity index (χ3v) is 7.84. The molecule has 1 unspecified atom stereocenters. The molecular weight excluding hydrogens is 486 g/mol. The van der Waals surface area contributed by atoms with E-state index in [1.807, 2.05) is 18.2 Å². The number of carbonyl (C=O) groups excluding carboxylic acids is 1. The van der Waals surface area contributed by atoms with Gasteiger partial charge < -0.3 is 20.1 Å². The third kappa shape index (κ3) is 5.97. The SMILES string of the molecule is COCC(Nc1ncnc2cc(-c3ccc(CN4CCN(C(=O)CO)CC4)cc3)sc12)c1ccccc1. The van der Waals surface area contributed by atoms with Gasteiger partial charge in [-0.1, -0.05) is 54.6 Å². The van der Waals surface area contributed by atoms with Crippen LogP contribution in [0, 0.1) is 0 Å². The van der Waals surface area contributed by atoms with E-state index < -0.39 is 6.61 Å². The quantitative estimate of drug-likeness (QED) is 0.349. The van der Waals surface area contributed by atoms with E-state index in [0.29, 0.717) is 19.7 Å². The zero-order valence-electron chi connectivity index (χ0n) is 20.8. The number of carbonyl (C=O) groups is 1. The number of methoxy groups -OCH3 is 1. The van der Waals surface area contributed by atoms with Gasteiger partial charge in [0.25, 0.3) is 0 Å². The van der Waals surface area contributed by atoms with Gasteiger partial charge in [-0.3, -0.25) is 9.69 Å². The van der Waals surface area contributed by atoms with Gasteiger partial charge in [-0.25, -0.2) is 9.97 Å². The average Bonchev–Trinajstić information content (AvgIpc) is 3.39. The van der Waals surface area contributed by atoms with E-state index in [1.54, 1.807) is 29.7 Å². The highest BCUT2D eigenvalue weighted by atomic mass is 32.1. The first kappa shape index (κ1) is 25.3. The van der Waals surface area contributed by atoms with Crippen molar-refractivity contribution in [2.45, 2.75) is 12.6 Å². The monoisotopic (exact) mass is 517 g/mol. The summed E-state index contributed by atoms with van der Waals surface area (Å²) >= 11 is 1.68. The number of rotatable bonds is 9. The Hall–Kier alpha value is -3.37. The molecule has 5 rings (SSSR count). The summed E-state index contributed by atoms with van der Waals surface area (Å²) in [5.74, 6) is 0.618. The molecule has 1 amide bonds. The number of ether oxygens (including phenoxy) is 1. The van der Waals surface area contributed by atoms with E-state index >= 15 is 0 Å². The number of hydrogen-bond donors (Lipinski definition) is 2. The largest absolute Gasteiger partial charge is 0.387 e. The molecule has 37 heavy (non-hydrogen) atoms. The number of aliphatic hydroxyl groups excluding tert-OH is 1. The number of nitrogens with zero attached hydrogens (tertiary/aromatic N) is 4. The van der Waals surface area contributed by atoms with E-state index in [2.05, 4.69) is 62.6 Å².